The Morgan fingerprint density at radius 3 is 2.85 bits per heavy atom. The lowest BCUT2D eigenvalue weighted by Gasteiger charge is -2.02. The minimum atomic E-state index is -0.466. The van der Waals surface area contributed by atoms with Crippen molar-refractivity contribution in [2.24, 2.45) is 10.2 Å². The van der Waals surface area contributed by atoms with Crippen molar-refractivity contribution in [1.82, 2.24) is 5.32 Å². The molecule has 1 aliphatic rings. The molecule has 7 nitrogen and oxygen atoms in total. The van der Waals surface area contributed by atoms with Crippen LogP contribution in [0.15, 0.2) is 32.9 Å². The summed E-state index contributed by atoms with van der Waals surface area (Å²) in [7, 11) is 0. The second kappa shape index (κ2) is 6.14. The van der Waals surface area contributed by atoms with Crippen LogP contribution in [0, 0.1) is 10.1 Å². The Morgan fingerprint density at radius 1 is 1.55 bits per heavy atom. The first-order valence-electron chi connectivity index (χ1n) is 5.46. The van der Waals surface area contributed by atoms with Crippen LogP contribution in [0.2, 0.25) is 0 Å². The topological polar surface area (TPSA) is 97.0 Å². The molecule has 0 aliphatic carbocycles. The number of halogens is 1. The largest absolute Gasteiger partial charge is 0.303 e. The fourth-order valence-electron chi connectivity index (χ4n) is 1.46. The van der Waals surface area contributed by atoms with E-state index in [0.29, 0.717) is 26.7 Å². The van der Waals surface area contributed by atoms with Crippen LogP contribution in [0.3, 0.4) is 0 Å². The Labute approximate surface area is 126 Å². The Bertz CT molecular complexity index is 645. The fourth-order valence-corrected chi connectivity index (χ4v) is 2.74. The minimum Gasteiger partial charge on any atom is -0.303 e. The van der Waals surface area contributed by atoms with E-state index < -0.39 is 4.92 Å². The van der Waals surface area contributed by atoms with E-state index in [1.54, 1.807) is 13.0 Å². The highest BCUT2D eigenvalue weighted by Crippen LogP contribution is 2.23. The number of hydrogen-bond donors (Lipinski definition) is 1. The lowest BCUT2D eigenvalue weighted by molar-refractivity contribution is -0.384. The summed E-state index contributed by atoms with van der Waals surface area (Å²) in [4.78, 5) is 21.2. The van der Waals surface area contributed by atoms with E-state index in [-0.39, 0.29) is 11.6 Å². The molecule has 2 rings (SSSR count). The third-order valence-corrected chi connectivity index (χ3v) is 3.95. The van der Waals surface area contributed by atoms with Gasteiger partial charge in [0, 0.05) is 22.2 Å². The summed E-state index contributed by atoms with van der Waals surface area (Å²) >= 11 is 4.55. The summed E-state index contributed by atoms with van der Waals surface area (Å²) in [6.07, 6.45) is 0. The van der Waals surface area contributed by atoms with E-state index in [2.05, 4.69) is 31.4 Å². The second-order valence-corrected chi connectivity index (χ2v) is 5.67. The summed E-state index contributed by atoms with van der Waals surface area (Å²) in [5.41, 5.74) is 1.29. The van der Waals surface area contributed by atoms with Crippen molar-refractivity contribution >= 4 is 50.2 Å². The summed E-state index contributed by atoms with van der Waals surface area (Å²) in [5.74, 6) is 0.243. The molecule has 0 radical (unpaired) electrons. The van der Waals surface area contributed by atoms with E-state index in [1.165, 1.54) is 23.9 Å². The van der Waals surface area contributed by atoms with Crippen molar-refractivity contribution in [1.29, 1.82) is 0 Å². The number of amidine groups is 1. The molecule has 1 N–H and O–H groups in total. The van der Waals surface area contributed by atoms with Crippen molar-refractivity contribution in [3.8, 4) is 0 Å². The van der Waals surface area contributed by atoms with Gasteiger partial charge in [0.1, 0.15) is 0 Å². The Morgan fingerprint density at radius 2 is 2.30 bits per heavy atom. The lowest BCUT2D eigenvalue weighted by atomic mass is 10.1. The number of carbonyl (C=O) groups excluding carboxylic acids is 1. The molecule has 0 saturated carbocycles. The number of nitro benzene ring substituents is 1. The summed E-state index contributed by atoms with van der Waals surface area (Å²) in [6, 6.07) is 4.41. The molecule has 0 unspecified atom stereocenters. The molecule has 0 atom stereocenters. The first kappa shape index (κ1) is 14.7. The number of rotatable bonds is 3. The first-order chi connectivity index (χ1) is 9.47. The maximum atomic E-state index is 11.0. The van der Waals surface area contributed by atoms with Gasteiger partial charge in [-0.25, -0.2) is 0 Å². The molecule has 0 spiro atoms. The number of thioether (sulfide) groups is 1. The van der Waals surface area contributed by atoms with Crippen molar-refractivity contribution < 1.29 is 9.72 Å². The standard InChI is InChI=1S/C11H9BrN4O3S/c1-6(14-15-11-13-10(17)5-20-11)8-3-2-7(16(18)19)4-9(8)12/h2-4H,5H2,1H3,(H,13,15,17)/b14-6-. The Kier molecular flexibility index (Phi) is 4.50. The van der Waals surface area contributed by atoms with Crippen molar-refractivity contribution in [2.75, 3.05) is 5.75 Å². The van der Waals surface area contributed by atoms with Gasteiger partial charge < -0.3 is 5.32 Å². The number of nitrogens with one attached hydrogen (secondary N) is 1. The highest BCUT2D eigenvalue weighted by atomic mass is 79.9. The van der Waals surface area contributed by atoms with Crippen LogP contribution >= 0.6 is 27.7 Å². The van der Waals surface area contributed by atoms with E-state index in [4.69, 9.17) is 0 Å². The molecule has 104 valence electrons. The summed E-state index contributed by atoms with van der Waals surface area (Å²) in [5, 5.41) is 21.6. The van der Waals surface area contributed by atoms with Crippen LogP contribution in [-0.2, 0) is 4.79 Å². The highest BCUT2D eigenvalue weighted by Gasteiger charge is 2.16. The fraction of sp³-hybridized carbons (Fsp3) is 0.182. The molecule has 1 aromatic carbocycles. The third kappa shape index (κ3) is 3.42. The average Bonchev–Trinajstić information content (AvgIpc) is 2.81. The molecule has 1 saturated heterocycles. The van der Waals surface area contributed by atoms with Crippen molar-refractivity contribution in [3.63, 3.8) is 0 Å². The highest BCUT2D eigenvalue weighted by molar-refractivity contribution is 9.10. The molecule has 1 heterocycles. The van der Waals surface area contributed by atoms with E-state index in [0.717, 1.165) is 0 Å². The maximum Gasteiger partial charge on any atom is 0.270 e. The first-order valence-corrected chi connectivity index (χ1v) is 7.24. The summed E-state index contributed by atoms with van der Waals surface area (Å²) < 4.78 is 0.566. The van der Waals surface area contributed by atoms with Crippen LogP contribution in [-0.4, -0.2) is 27.5 Å². The van der Waals surface area contributed by atoms with Gasteiger partial charge in [-0.15, -0.1) is 5.10 Å². The van der Waals surface area contributed by atoms with Gasteiger partial charge in [-0.3, -0.25) is 14.9 Å². The minimum absolute atomic E-state index is 0.00153. The van der Waals surface area contributed by atoms with Crippen LogP contribution < -0.4 is 5.32 Å². The molecule has 0 aromatic heterocycles. The van der Waals surface area contributed by atoms with Gasteiger partial charge in [-0.05, 0) is 28.9 Å². The zero-order valence-corrected chi connectivity index (χ0v) is 12.7. The lowest BCUT2D eigenvalue weighted by Crippen LogP contribution is -2.19. The number of hydrogen-bond acceptors (Lipinski definition) is 6. The zero-order chi connectivity index (χ0) is 14.7. The summed E-state index contributed by atoms with van der Waals surface area (Å²) in [6.45, 7) is 1.73. The number of nitro groups is 1. The van der Waals surface area contributed by atoms with E-state index in [9.17, 15) is 14.9 Å². The van der Waals surface area contributed by atoms with Gasteiger partial charge in [0.2, 0.25) is 5.91 Å². The van der Waals surface area contributed by atoms with Crippen LogP contribution in [0.1, 0.15) is 12.5 Å². The predicted molar refractivity (Wildman–Crippen MR) is 81.0 cm³/mol. The van der Waals surface area contributed by atoms with Crippen LogP contribution in [0.25, 0.3) is 0 Å². The van der Waals surface area contributed by atoms with E-state index >= 15 is 0 Å². The molecule has 1 aromatic rings. The van der Waals surface area contributed by atoms with Crippen molar-refractivity contribution in [2.45, 2.75) is 6.92 Å². The maximum absolute atomic E-state index is 11.0. The Balaban J connectivity index is 2.22. The third-order valence-electron chi connectivity index (χ3n) is 2.43. The number of amides is 1. The second-order valence-electron chi connectivity index (χ2n) is 3.85. The van der Waals surface area contributed by atoms with Gasteiger partial charge >= 0.3 is 0 Å². The van der Waals surface area contributed by atoms with Gasteiger partial charge in [-0.1, -0.05) is 11.8 Å². The monoisotopic (exact) mass is 356 g/mol. The number of nitrogens with zero attached hydrogens (tertiary/aromatic N) is 3. The van der Waals surface area contributed by atoms with Crippen LogP contribution in [0.5, 0.6) is 0 Å². The number of non-ortho nitro benzene ring substituents is 1. The smallest absolute Gasteiger partial charge is 0.270 e. The van der Waals surface area contributed by atoms with Gasteiger partial charge in [0.15, 0.2) is 5.17 Å². The molecule has 1 aliphatic heterocycles. The zero-order valence-electron chi connectivity index (χ0n) is 10.3. The SMILES string of the molecule is C/C(=N/N=C1\NC(=O)CS1)c1ccc([N+](=O)[O-])cc1Br. The molecule has 1 amide bonds. The molecular formula is C11H9BrN4O3S. The van der Waals surface area contributed by atoms with Crippen LogP contribution in [0.4, 0.5) is 5.69 Å². The number of carbonyl (C=O) groups is 1. The normalized spacial score (nSPS) is 17.4. The van der Waals surface area contributed by atoms with Gasteiger partial charge in [-0.2, -0.15) is 5.10 Å². The predicted octanol–water partition coefficient (Wildman–Crippen LogP) is 2.30. The molecule has 0 bridgehead atoms. The average molecular weight is 357 g/mol. The number of benzene rings is 1. The van der Waals surface area contributed by atoms with Gasteiger partial charge in [0.05, 0.1) is 16.4 Å². The van der Waals surface area contributed by atoms with Crippen molar-refractivity contribution in [3.05, 3.63) is 38.3 Å². The quantitative estimate of drug-likeness (QED) is 0.510. The Hall–Kier alpha value is -1.74. The molecule has 20 heavy (non-hydrogen) atoms. The van der Waals surface area contributed by atoms with E-state index in [1.807, 2.05) is 0 Å². The van der Waals surface area contributed by atoms with Gasteiger partial charge in [0.25, 0.3) is 5.69 Å². The molecule has 9 heteroatoms. The molecule has 1 fully saturated rings. The molecular weight excluding hydrogens is 348 g/mol.